The summed E-state index contributed by atoms with van der Waals surface area (Å²) in [5.74, 6) is -0.391. The van der Waals surface area contributed by atoms with Crippen LogP contribution in [0.4, 0.5) is 0 Å². The third kappa shape index (κ3) is 7.49. The molecule has 7 fully saturated rings. The van der Waals surface area contributed by atoms with E-state index in [0.717, 1.165) is 44.9 Å². The van der Waals surface area contributed by atoms with Gasteiger partial charge >= 0.3 is 5.97 Å². The number of carboxylic acid groups (broad SMARTS) is 1. The standard InChI is InChI=1S/C47H76O17/c1-22-30(51)36(63-38-34(55)33(54)32(53)26(19-48)61-38)35(56)39(60-22)64-37-31(52)25(50)20-59-40(37)62-29-11-12-43(4)27(44(29,5)21-49)10-13-46(7)28(43)9-8-23-24-18-42(2,3)14-16-47(24,41(57)58)17-15-45(23,46)6/h8,22,24-40,48-56H,9-21H2,1-7H3,(H,57,58)/t22-,24-,25-,26+,27+,28+,29-,30-,31-,32-,33-,34+,35+,36+,37+,38-,39-,40-,43-,44-,45+,46+,47-/m0/s1. The van der Waals surface area contributed by atoms with Gasteiger partial charge in [0.05, 0.1) is 37.4 Å². The van der Waals surface area contributed by atoms with Crippen LogP contribution < -0.4 is 0 Å². The van der Waals surface area contributed by atoms with E-state index < -0.39 is 116 Å². The van der Waals surface area contributed by atoms with E-state index in [4.69, 9.17) is 28.4 Å². The van der Waals surface area contributed by atoms with Crippen molar-refractivity contribution in [2.45, 2.75) is 205 Å². The van der Waals surface area contributed by atoms with Gasteiger partial charge in [-0.15, -0.1) is 0 Å². The molecule has 5 aliphatic carbocycles. The number of hydrogen-bond acceptors (Lipinski definition) is 16. The quantitative estimate of drug-likeness (QED) is 0.116. The number of allylic oxidation sites excluding steroid dienone is 2. The molecule has 17 nitrogen and oxygen atoms in total. The predicted molar refractivity (Wildman–Crippen MR) is 225 cm³/mol. The molecule has 0 aromatic carbocycles. The van der Waals surface area contributed by atoms with Gasteiger partial charge in [-0.25, -0.2) is 0 Å². The average Bonchev–Trinajstić information content (AvgIpc) is 3.24. The molecule has 0 aromatic rings. The topological polar surface area (TPSA) is 275 Å². The molecule has 0 spiro atoms. The minimum absolute atomic E-state index is 0.00330. The van der Waals surface area contributed by atoms with E-state index in [9.17, 15) is 55.9 Å². The lowest BCUT2D eigenvalue weighted by Gasteiger charge is -2.71. The molecular formula is C47H76O17. The van der Waals surface area contributed by atoms with Crippen LogP contribution in [0.2, 0.25) is 0 Å². The fraction of sp³-hybridized carbons (Fsp3) is 0.936. The largest absolute Gasteiger partial charge is 0.481 e. The van der Waals surface area contributed by atoms with Gasteiger partial charge in [-0.1, -0.05) is 53.2 Å². The molecule has 64 heavy (non-hydrogen) atoms. The Hall–Kier alpha value is -1.39. The summed E-state index contributed by atoms with van der Waals surface area (Å²) in [6, 6.07) is 0. The van der Waals surface area contributed by atoms with Gasteiger partial charge in [0.2, 0.25) is 0 Å². The lowest BCUT2D eigenvalue weighted by Crippen LogP contribution is -2.67. The number of aliphatic hydroxyl groups is 9. The smallest absolute Gasteiger partial charge is 0.310 e. The molecule has 8 rings (SSSR count). The second kappa shape index (κ2) is 17.2. The summed E-state index contributed by atoms with van der Waals surface area (Å²) in [6.45, 7) is 14.1. The minimum atomic E-state index is -1.82. The van der Waals surface area contributed by atoms with Gasteiger partial charge in [-0.2, -0.15) is 0 Å². The molecule has 3 aliphatic heterocycles. The maximum atomic E-state index is 13.1. The Morgan fingerprint density at radius 3 is 2.06 bits per heavy atom. The molecule has 0 bridgehead atoms. The maximum Gasteiger partial charge on any atom is 0.310 e. The van der Waals surface area contributed by atoms with Crippen molar-refractivity contribution in [1.29, 1.82) is 0 Å². The number of carbonyl (C=O) groups is 1. The summed E-state index contributed by atoms with van der Waals surface area (Å²) in [5, 5.41) is 108. The molecule has 4 saturated carbocycles. The molecule has 366 valence electrons. The van der Waals surface area contributed by atoms with E-state index in [2.05, 4.69) is 40.7 Å². The van der Waals surface area contributed by atoms with Crippen molar-refractivity contribution < 1.29 is 84.3 Å². The summed E-state index contributed by atoms with van der Waals surface area (Å²) in [7, 11) is 0. The SMILES string of the molecule is C[C@@H]1O[C@@H](O[C@H]2[C@H](O[C@H]3CC[C@@]4(C)[C@@H](CC[C@]5(C)[C@@H]4CC=C4[C@@H]6CC(C)(C)CC[C@]6(C(=O)O)CC[C@]45C)[C@]3(C)CO)OC[C@H](O)[C@@H]2O)[C@H](O)[C@H](O[C@@H]2O[C@H](CO)[C@H](O)[C@H](O)[C@H]2O)[C@H]1O. The molecule has 3 heterocycles. The summed E-state index contributed by atoms with van der Waals surface area (Å²) in [4.78, 5) is 13.1. The fourth-order valence-corrected chi connectivity index (χ4v) is 14.8. The van der Waals surface area contributed by atoms with E-state index in [0.29, 0.717) is 19.3 Å². The Labute approximate surface area is 376 Å². The lowest BCUT2D eigenvalue weighted by molar-refractivity contribution is -0.383. The second-order valence-electron chi connectivity index (χ2n) is 22.9. The van der Waals surface area contributed by atoms with Gasteiger partial charge in [-0.3, -0.25) is 4.79 Å². The molecule has 10 N–H and O–H groups in total. The highest BCUT2D eigenvalue weighted by molar-refractivity contribution is 5.76. The summed E-state index contributed by atoms with van der Waals surface area (Å²) in [6.07, 6.45) is -11.9. The van der Waals surface area contributed by atoms with Gasteiger partial charge in [0.15, 0.2) is 18.9 Å². The highest BCUT2D eigenvalue weighted by atomic mass is 16.8. The van der Waals surface area contributed by atoms with Crippen LogP contribution in [0.5, 0.6) is 0 Å². The molecule has 0 radical (unpaired) electrons. The van der Waals surface area contributed by atoms with Gasteiger partial charge < -0.3 is 79.5 Å². The first-order valence-corrected chi connectivity index (χ1v) is 23.7. The van der Waals surface area contributed by atoms with E-state index >= 15 is 0 Å². The zero-order valence-corrected chi connectivity index (χ0v) is 38.5. The first kappa shape index (κ1) is 49.0. The number of aliphatic hydroxyl groups excluding tert-OH is 9. The van der Waals surface area contributed by atoms with Gasteiger partial charge in [0, 0.05) is 5.41 Å². The molecule has 3 saturated heterocycles. The normalized spacial score (nSPS) is 55.0. The molecule has 23 atom stereocenters. The maximum absolute atomic E-state index is 13.1. The molecule has 17 heteroatoms. The average molecular weight is 913 g/mol. The van der Waals surface area contributed by atoms with Gasteiger partial charge in [0.1, 0.15) is 61.0 Å². The summed E-state index contributed by atoms with van der Waals surface area (Å²) < 4.78 is 36.1. The fourth-order valence-electron chi connectivity index (χ4n) is 14.8. The van der Waals surface area contributed by atoms with Crippen molar-refractivity contribution in [2.75, 3.05) is 19.8 Å². The first-order chi connectivity index (χ1) is 29.9. The van der Waals surface area contributed by atoms with Crippen LogP contribution in [0.15, 0.2) is 11.6 Å². The Kier molecular flexibility index (Phi) is 13.2. The highest BCUT2D eigenvalue weighted by Gasteiger charge is 2.70. The van der Waals surface area contributed by atoms with Crippen molar-refractivity contribution in [3.63, 3.8) is 0 Å². The number of fused-ring (bicyclic) bond motifs is 7. The molecule has 0 aromatic heterocycles. The van der Waals surface area contributed by atoms with E-state index in [1.54, 1.807) is 0 Å². The number of rotatable bonds is 9. The summed E-state index contributed by atoms with van der Waals surface area (Å²) >= 11 is 0. The third-order valence-electron chi connectivity index (χ3n) is 19.1. The van der Waals surface area contributed by atoms with E-state index in [1.165, 1.54) is 12.5 Å². The van der Waals surface area contributed by atoms with Crippen LogP contribution in [-0.4, -0.2) is 169 Å². The van der Waals surface area contributed by atoms with Crippen molar-refractivity contribution in [2.24, 2.45) is 50.2 Å². The second-order valence-corrected chi connectivity index (χ2v) is 22.9. The highest BCUT2D eigenvalue weighted by Crippen LogP contribution is 2.76. The number of aliphatic carboxylic acids is 1. The van der Waals surface area contributed by atoms with Crippen molar-refractivity contribution in [3.05, 3.63) is 11.6 Å². The van der Waals surface area contributed by atoms with E-state index in [1.807, 2.05) is 6.92 Å². The van der Waals surface area contributed by atoms with Crippen molar-refractivity contribution in [3.8, 4) is 0 Å². The van der Waals surface area contributed by atoms with Crippen LogP contribution in [-0.2, 0) is 33.2 Å². The Bertz CT molecular complexity index is 1750. The Morgan fingerprint density at radius 1 is 0.719 bits per heavy atom. The molecule has 8 aliphatic rings. The van der Waals surface area contributed by atoms with Crippen LogP contribution in [0.25, 0.3) is 0 Å². The van der Waals surface area contributed by atoms with Gasteiger partial charge in [0.25, 0.3) is 0 Å². The molecule has 0 unspecified atom stereocenters. The minimum Gasteiger partial charge on any atom is -0.481 e. The zero-order valence-electron chi connectivity index (χ0n) is 38.5. The Balaban J connectivity index is 1.01. The van der Waals surface area contributed by atoms with Crippen LogP contribution in [0.1, 0.15) is 113 Å². The van der Waals surface area contributed by atoms with Crippen molar-refractivity contribution >= 4 is 5.97 Å². The first-order valence-electron chi connectivity index (χ1n) is 23.7. The van der Waals surface area contributed by atoms with Gasteiger partial charge in [-0.05, 0) is 111 Å². The monoisotopic (exact) mass is 913 g/mol. The number of carboxylic acids is 1. The summed E-state index contributed by atoms with van der Waals surface area (Å²) in [5.41, 5.74) is -0.609. The van der Waals surface area contributed by atoms with Crippen LogP contribution in [0, 0.1) is 50.2 Å². The zero-order chi connectivity index (χ0) is 46.7. The number of hydrogen-bond donors (Lipinski definition) is 10. The predicted octanol–water partition coefficient (Wildman–Crippen LogP) is 1.35. The van der Waals surface area contributed by atoms with Crippen LogP contribution in [0.3, 0.4) is 0 Å². The van der Waals surface area contributed by atoms with E-state index in [-0.39, 0.29) is 52.6 Å². The van der Waals surface area contributed by atoms with Crippen molar-refractivity contribution in [1.82, 2.24) is 0 Å². The lowest BCUT2D eigenvalue weighted by atomic mass is 9.33. The third-order valence-corrected chi connectivity index (χ3v) is 19.1. The number of ether oxygens (including phenoxy) is 6. The molecular weight excluding hydrogens is 837 g/mol. The Morgan fingerprint density at radius 2 is 1.39 bits per heavy atom. The molecule has 0 amide bonds. The van der Waals surface area contributed by atoms with Crippen LogP contribution >= 0.6 is 0 Å².